The molecule has 44 heavy (non-hydrogen) atoms. The summed E-state index contributed by atoms with van der Waals surface area (Å²) in [5, 5.41) is 0. The molecule has 0 aliphatic heterocycles. The third kappa shape index (κ3) is 12.9. The molecule has 0 heterocycles. The Hall–Kier alpha value is -3.06. The maximum absolute atomic E-state index is 12.6. The minimum absolute atomic E-state index is 0.0397. The average Bonchev–Trinajstić information content (AvgIpc) is 3.36. The van der Waals surface area contributed by atoms with Crippen LogP contribution >= 0.6 is 0 Å². The molecule has 0 bridgehead atoms. The number of carbonyl (C=O) groups is 2. The second kappa shape index (κ2) is 21.6. The first-order valence-electron chi connectivity index (χ1n) is 15.3. The van der Waals surface area contributed by atoms with Gasteiger partial charge in [-0.3, -0.25) is 4.79 Å². The molecule has 244 valence electrons. The Kier molecular flexibility index (Phi) is 17.4. The zero-order valence-corrected chi connectivity index (χ0v) is 26.0. The van der Waals surface area contributed by atoms with Gasteiger partial charge < -0.3 is 42.8 Å². The number of carbonyl (C=O) groups excluding carboxylic acids is 2. The lowest BCUT2D eigenvalue weighted by molar-refractivity contribution is -0.144. The minimum Gasteiger partial charge on any atom is -0.466 e. The number of rotatable bonds is 24. The Bertz CT molecular complexity index is 1050. The molecule has 1 aliphatic rings. The smallest absolute Gasteiger partial charge is 0.409 e. The van der Waals surface area contributed by atoms with Crippen LogP contribution in [0.4, 0.5) is 4.79 Å². The van der Waals surface area contributed by atoms with Gasteiger partial charge in [-0.2, -0.15) is 0 Å². The van der Waals surface area contributed by atoms with E-state index in [1.54, 1.807) is 14.0 Å². The van der Waals surface area contributed by atoms with E-state index in [-0.39, 0.29) is 24.4 Å². The van der Waals surface area contributed by atoms with Crippen molar-refractivity contribution in [2.24, 2.45) is 0 Å². The molecule has 1 aliphatic carbocycles. The first-order chi connectivity index (χ1) is 21.6. The van der Waals surface area contributed by atoms with E-state index < -0.39 is 0 Å². The highest BCUT2D eigenvalue weighted by Gasteiger charge is 2.29. The molecule has 0 N–H and O–H groups in total. The van der Waals surface area contributed by atoms with E-state index in [9.17, 15) is 9.59 Å². The number of hydrogen-bond acceptors (Lipinski definition) is 10. The summed E-state index contributed by atoms with van der Waals surface area (Å²) in [4.78, 5) is 25.3. The van der Waals surface area contributed by atoms with Crippen LogP contribution in [0.1, 0.15) is 30.4 Å². The summed E-state index contributed by atoms with van der Waals surface area (Å²) in [5.41, 5.74) is 4.79. The van der Waals surface area contributed by atoms with Gasteiger partial charge in [0.15, 0.2) is 0 Å². The molecule has 1 amide bonds. The van der Waals surface area contributed by atoms with Crippen LogP contribution in [0.2, 0.25) is 0 Å². The van der Waals surface area contributed by atoms with Gasteiger partial charge in [0.25, 0.3) is 0 Å². The van der Waals surface area contributed by atoms with Gasteiger partial charge >= 0.3 is 12.1 Å². The summed E-state index contributed by atoms with van der Waals surface area (Å²) in [6.45, 7) is 8.14. The molecular formula is C33H47NO10. The predicted octanol–water partition coefficient (Wildman–Crippen LogP) is 3.92. The van der Waals surface area contributed by atoms with Gasteiger partial charge in [-0.15, -0.1) is 0 Å². The lowest BCUT2D eigenvalue weighted by atomic mass is 9.98. The van der Waals surface area contributed by atoms with E-state index in [4.69, 9.17) is 37.9 Å². The Morgan fingerprint density at radius 3 is 1.52 bits per heavy atom. The van der Waals surface area contributed by atoms with Crippen LogP contribution in [0, 0.1) is 0 Å². The summed E-state index contributed by atoms with van der Waals surface area (Å²) >= 11 is 0. The minimum atomic E-state index is -0.366. The van der Waals surface area contributed by atoms with Crippen LogP contribution < -0.4 is 0 Å². The normalized spacial score (nSPS) is 12.1. The van der Waals surface area contributed by atoms with Crippen molar-refractivity contribution in [3.8, 4) is 11.1 Å². The molecule has 0 unspecified atom stereocenters. The summed E-state index contributed by atoms with van der Waals surface area (Å²) in [7, 11) is 1.71. The van der Waals surface area contributed by atoms with Gasteiger partial charge in [-0.25, -0.2) is 4.79 Å². The van der Waals surface area contributed by atoms with Crippen molar-refractivity contribution in [1.82, 2.24) is 4.90 Å². The van der Waals surface area contributed by atoms with Crippen molar-refractivity contribution in [3.63, 3.8) is 0 Å². The maximum Gasteiger partial charge on any atom is 0.409 e. The Labute approximate surface area is 260 Å². The summed E-state index contributed by atoms with van der Waals surface area (Å²) in [6, 6.07) is 16.6. The van der Waals surface area contributed by atoms with Crippen LogP contribution in [-0.2, 0) is 42.7 Å². The number of benzene rings is 2. The van der Waals surface area contributed by atoms with Gasteiger partial charge in [0, 0.05) is 19.5 Å². The SMILES string of the molecule is CCOC(=O)CCOCCOCCOCCOCCOCCOCCN(C)C(=O)OCC1c2ccccc2-c2ccccc21. The van der Waals surface area contributed by atoms with Gasteiger partial charge in [0.1, 0.15) is 6.61 Å². The van der Waals surface area contributed by atoms with Crippen molar-refractivity contribution in [2.45, 2.75) is 19.3 Å². The number of amides is 1. The van der Waals surface area contributed by atoms with E-state index >= 15 is 0 Å². The van der Waals surface area contributed by atoms with Crippen LogP contribution in [-0.4, -0.2) is 123 Å². The van der Waals surface area contributed by atoms with Crippen LogP contribution in [0.25, 0.3) is 11.1 Å². The second-order valence-electron chi connectivity index (χ2n) is 9.95. The molecule has 2 aromatic carbocycles. The highest BCUT2D eigenvalue weighted by Crippen LogP contribution is 2.44. The lowest BCUT2D eigenvalue weighted by Crippen LogP contribution is -2.32. The largest absolute Gasteiger partial charge is 0.466 e. The topological polar surface area (TPSA) is 111 Å². The fourth-order valence-electron chi connectivity index (χ4n) is 4.59. The molecule has 0 saturated heterocycles. The Balaban J connectivity index is 1.07. The zero-order valence-electron chi connectivity index (χ0n) is 26.0. The molecule has 0 radical (unpaired) electrons. The van der Waals surface area contributed by atoms with E-state index in [0.29, 0.717) is 99.0 Å². The number of likely N-dealkylation sites (N-methyl/N-ethyl adjacent to an activating group) is 1. The van der Waals surface area contributed by atoms with E-state index in [0.717, 1.165) is 0 Å². The highest BCUT2D eigenvalue weighted by molar-refractivity contribution is 5.79. The lowest BCUT2D eigenvalue weighted by Gasteiger charge is -2.19. The molecule has 0 fully saturated rings. The van der Waals surface area contributed by atoms with Crippen LogP contribution in [0.5, 0.6) is 0 Å². The van der Waals surface area contributed by atoms with Crippen molar-refractivity contribution in [1.29, 1.82) is 0 Å². The van der Waals surface area contributed by atoms with Gasteiger partial charge in [-0.1, -0.05) is 48.5 Å². The Morgan fingerprint density at radius 2 is 1.05 bits per heavy atom. The number of hydrogen-bond donors (Lipinski definition) is 0. The van der Waals surface area contributed by atoms with Crippen molar-refractivity contribution < 1.29 is 47.5 Å². The van der Waals surface area contributed by atoms with Crippen molar-refractivity contribution >= 4 is 12.1 Å². The van der Waals surface area contributed by atoms with Crippen molar-refractivity contribution in [3.05, 3.63) is 59.7 Å². The average molecular weight is 618 g/mol. The predicted molar refractivity (Wildman–Crippen MR) is 164 cm³/mol. The third-order valence-corrected chi connectivity index (χ3v) is 6.83. The van der Waals surface area contributed by atoms with Gasteiger partial charge in [0.05, 0.1) is 92.3 Å². The van der Waals surface area contributed by atoms with Crippen LogP contribution in [0.3, 0.4) is 0 Å². The second-order valence-corrected chi connectivity index (χ2v) is 9.95. The quantitative estimate of drug-likeness (QED) is 0.127. The number of ether oxygens (including phenoxy) is 8. The van der Waals surface area contributed by atoms with Crippen LogP contribution in [0.15, 0.2) is 48.5 Å². The summed E-state index contributed by atoms with van der Waals surface area (Å²) < 4.78 is 43.2. The highest BCUT2D eigenvalue weighted by atomic mass is 16.6. The molecule has 0 atom stereocenters. The maximum atomic E-state index is 12.6. The number of esters is 1. The monoisotopic (exact) mass is 617 g/mol. The first kappa shape index (κ1) is 35.4. The van der Waals surface area contributed by atoms with Crippen molar-refractivity contribution in [2.75, 3.05) is 106 Å². The standard InChI is InChI=1S/C33H47NO10/c1-3-43-32(35)12-14-37-16-18-39-20-22-41-24-25-42-23-21-40-19-17-38-15-13-34(2)33(36)44-26-31-29-10-6-4-8-27(29)28-9-5-7-11-30(28)31/h4-11,31H,3,12-26H2,1-2H3. The number of nitrogens with zero attached hydrogens (tertiary/aromatic N) is 1. The van der Waals surface area contributed by atoms with Gasteiger partial charge in [0.2, 0.25) is 0 Å². The third-order valence-electron chi connectivity index (χ3n) is 6.83. The molecule has 11 heteroatoms. The molecule has 0 spiro atoms. The fraction of sp³-hybridized carbons (Fsp3) is 0.576. The Morgan fingerprint density at radius 1 is 0.614 bits per heavy atom. The molecule has 0 saturated carbocycles. The van der Waals surface area contributed by atoms with E-state index in [2.05, 4.69) is 24.3 Å². The zero-order chi connectivity index (χ0) is 31.2. The molecule has 11 nitrogen and oxygen atoms in total. The fourth-order valence-corrected chi connectivity index (χ4v) is 4.59. The molecule has 2 aromatic rings. The van der Waals surface area contributed by atoms with E-state index in [1.165, 1.54) is 27.2 Å². The number of fused-ring (bicyclic) bond motifs is 3. The molecule has 3 rings (SSSR count). The summed E-state index contributed by atoms with van der Waals surface area (Å²) in [6.07, 6.45) is -0.115. The van der Waals surface area contributed by atoms with E-state index in [1.807, 2.05) is 24.3 Å². The molecular weight excluding hydrogens is 570 g/mol. The summed E-state index contributed by atoms with van der Waals surface area (Å²) in [5.74, 6) is -0.215. The van der Waals surface area contributed by atoms with Gasteiger partial charge in [-0.05, 0) is 29.2 Å². The molecule has 0 aromatic heterocycles. The first-order valence-corrected chi connectivity index (χ1v) is 15.3.